The van der Waals surface area contributed by atoms with Crippen molar-refractivity contribution >= 4 is 22.9 Å². The molecule has 0 atom stereocenters. The monoisotopic (exact) mass is 398 g/mol. The van der Waals surface area contributed by atoms with Crippen LogP contribution in [0.15, 0.2) is 84.2 Å². The van der Waals surface area contributed by atoms with Gasteiger partial charge in [0.25, 0.3) is 0 Å². The molecule has 0 spiro atoms. The zero-order chi connectivity index (χ0) is 20.1. The van der Waals surface area contributed by atoms with Crippen LogP contribution in [-0.4, -0.2) is 10.9 Å². The molecule has 3 nitrogen and oxygen atoms in total. The second-order valence-corrected chi connectivity index (χ2v) is 7.88. The SMILES string of the molecule is Cc1cccc(CCC(=O)Nc2cccc(-c3csc(-c4ccccc4)n3)c2)c1. The number of hydrogen-bond acceptors (Lipinski definition) is 3. The van der Waals surface area contributed by atoms with Gasteiger partial charge in [-0.05, 0) is 31.0 Å². The Bertz CT molecular complexity index is 1120. The average molecular weight is 399 g/mol. The summed E-state index contributed by atoms with van der Waals surface area (Å²) in [5.41, 5.74) is 6.23. The molecule has 0 aliphatic carbocycles. The quantitative estimate of drug-likeness (QED) is 0.411. The summed E-state index contributed by atoms with van der Waals surface area (Å²) in [4.78, 5) is 17.1. The van der Waals surface area contributed by atoms with E-state index in [1.54, 1.807) is 11.3 Å². The van der Waals surface area contributed by atoms with Crippen molar-refractivity contribution in [3.05, 3.63) is 95.4 Å². The van der Waals surface area contributed by atoms with Crippen molar-refractivity contribution < 1.29 is 4.79 Å². The topological polar surface area (TPSA) is 42.0 Å². The third kappa shape index (κ3) is 4.98. The van der Waals surface area contributed by atoms with Gasteiger partial charge in [0, 0.05) is 28.6 Å². The number of aryl methyl sites for hydroxylation is 2. The zero-order valence-corrected chi connectivity index (χ0v) is 17.1. The maximum absolute atomic E-state index is 12.4. The Morgan fingerprint density at radius 1 is 0.931 bits per heavy atom. The van der Waals surface area contributed by atoms with Crippen molar-refractivity contribution in [1.82, 2.24) is 4.98 Å². The molecule has 4 rings (SSSR count). The Morgan fingerprint density at radius 2 is 1.72 bits per heavy atom. The molecular formula is C25H22N2OS. The molecule has 1 amide bonds. The molecule has 4 aromatic rings. The number of anilines is 1. The fraction of sp³-hybridized carbons (Fsp3) is 0.120. The minimum absolute atomic E-state index is 0.0203. The van der Waals surface area contributed by atoms with Gasteiger partial charge in [0.2, 0.25) is 5.91 Å². The third-order valence-corrected chi connectivity index (χ3v) is 5.58. The van der Waals surface area contributed by atoms with E-state index in [9.17, 15) is 4.79 Å². The Morgan fingerprint density at radius 3 is 2.55 bits per heavy atom. The summed E-state index contributed by atoms with van der Waals surface area (Å²) in [5.74, 6) is 0.0203. The van der Waals surface area contributed by atoms with E-state index in [0.29, 0.717) is 6.42 Å². The van der Waals surface area contributed by atoms with Crippen LogP contribution in [0.25, 0.3) is 21.8 Å². The maximum atomic E-state index is 12.4. The molecule has 144 valence electrons. The maximum Gasteiger partial charge on any atom is 0.224 e. The van der Waals surface area contributed by atoms with Crippen molar-refractivity contribution in [3.63, 3.8) is 0 Å². The molecule has 0 unspecified atom stereocenters. The van der Waals surface area contributed by atoms with E-state index in [1.165, 1.54) is 11.1 Å². The lowest BCUT2D eigenvalue weighted by atomic mass is 10.1. The Balaban J connectivity index is 1.42. The first-order valence-electron chi connectivity index (χ1n) is 9.64. The van der Waals surface area contributed by atoms with Gasteiger partial charge in [-0.3, -0.25) is 4.79 Å². The second kappa shape index (κ2) is 8.84. The number of thiazole rings is 1. The van der Waals surface area contributed by atoms with Gasteiger partial charge in [0.15, 0.2) is 0 Å². The highest BCUT2D eigenvalue weighted by atomic mass is 32.1. The first kappa shape index (κ1) is 19.1. The van der Waals surface area contributed by atoms with E-state index in [4.69, 9.17) is 4.98 Å². The molecule has 0 fully saturated rings. The normalized spacial score (nSPS) is 10.7. The smallest absolute Gasteiger partial charge is 0.224 e. The van der Waals surface area contributed by atoms with Gasteiger partial charge in [0.05, 0.1) is 5.69 Å². The number of nitrogens with one attached hydrogen (secondary N) is 1. The highest BCUT2D eigenvalue weighted by Crippen LogP contribution is 2.29. The summed E-state index contributed by atoms with van der Waals surface area (Å²) < 4.78 is 0. The number of aromatic nitrogens is 1. The van der Waals surface area contributed by atoms with E-state index in [0.717, 1.165) is 33.9 Å². The molecule has 1 N–H and O–H groups in total. The van der Waals surface area contributed by atoms with Gasteiger partial charge >= 0.3 is 0 Å². The summed E-state index contributed by atoms with van der Waals surface area (Å²) in [5, 5.41) is 6.06. The van der Waals surface area contributed by atoms with Gasteiger partial charge in [-0.1, -0.05) is 72.3 Å². The van der Waals surface area contributed by atoms with Crippen LogP contribution in [0.5, 0.6) is 0 Å². The first-order chi connectivity index (χ1) is 14.2. The summed E-state index contributed by atoms with van der Waals surface area (Å²) in [6, 6.07) is 26.3. The number of nitrogens with zero attached hydrogens (tertiary/aromatic N) is 1. The van der Waals surface area contributed by atoms with Gasteiger partial charge < -0.3 is 5.32 Å². The van der Waals surface area contributed by atoms with Gasteiger partial charge in [-0.2, -0.15) is 0 Å². The van der Waals surface area contributed by atoms with E-state index in [-0.39, 0.29) is 5.91 Å². The number of amides is 1. The van der Waals surface area contributed by atoms with Crippen LogP contribution in [0.2, 0.25) is 0 Å². The molecule has 1 aromatic heterocycles. The molecule has 0 radical (unpaired) electrons. The minimum atomic E-state index is 0.0203. The van der Waals surface area contributed by atoms with Crippen LogP contribution in [0, 0.1) is 6.92 Å². The molecule has 4 heteroatoms. The number of rotatable bonds is 6. The Hall–Kier alpha value is -3.24. The third-order valence-electron chi connectivity index (χ3n) is 4.69. The van der Waals surface area contributed by atoms with Gasteiger partial charge in [0.1, 0.15) is 5.01 Å². The minimum Gasteiger partial charge on any atom is -0.326 e. The average Bonchev–Trinajstić information content (AvgIpc) is 3.24. The predicted molar refractivity (Wildman–Crippen MR) is 121 cm³/mol. The molecule has 0 aliphatic rings. The van der Waals surface area contributed by atoms with Crippen LogP contribution in [0.1, 0.15) is 17.5 Å². The molecule has 0 saturated heterocycles. The van der Waals surface area contributed by atoms with Crippen LogP contribution in [-0.2, 0) is 11.2 Å². The molecule has 1 heterocycles. The van der Waals surface area contributed by atoms with Crippen molar-refractivity contribution in [1.29, 1.82) is 0 Å². The van der Waals surface area contributed by atoms with Gasteiger partial charge in [-0.25, -0.2) is 4.98 Å². The highest BCUT2D eigenvalue weighted by molar-refractivity contribution is 7.13. The molecule has 0 saturated carbocycles. The molecule has 29 heavy (non-hydrogen) atoms. The summed E-state index contributed by atoms with van der Waals surface area (Å²) in [6.45, 7) is 2.07. The first-order valence-corrected chi connectivity index (χ1v) is 10.5. The lowest BCUT2D eigenvalue weighted by Crippen LogP contribution is -2.12. The predicted octanol–water partition coefficient (Wildman–Crippen LogP) is 6.36. The number of carbonyl (C=O) groups is 1. The number of hydrogen-bond donors (Lipinski definition) is 1. The number of carbonyl (C=O) groups excluding carboxylic acids is 1. The summed E-state index contributed by atoms with van der Waals surface area (Å²) in [7, 11) is 0. The largest absolute Gasteiger partial charge is 0.326 e. The van der Waals surface area contributed by atoms with E-state index in [1.807, 2.05) is 48.5 Å². The Labute approximate surface area is 175 Å². The molecule has 0 aliphatic heterocycles. The van der Waals surface area contributed by atoms with E-state index >= 15 is 0 Å². The van der Waals surface area contributed by atoms with Gasteiger partial charge in [-0.15, -0.1) is 11.3 Å². The summed E-state index contributed by atoms with van der Waals surface area (Å²) in [6.07, 6.45) is 1.20. The van der Waals surface area contributed by atoms with Crippen molar-refractivity contribution in [2.45, 2.75) is 19.8 Å². The van der Waals surface area contributed by atoms with Crippen molar-refractivity contribution in [2.75, 3.05) is 5.32 Å². The summed E-state index contributed by atoms with van der Waals surface area (Å²) >= 11 is 1.63. The van der Waals surface area contributed by atoms with Crippen LogP contribution in [0.3, 0.4) is 0 Å². The van der Waals surface area contributed by atoms with Crippen molar-refractivity contribution in [3.8, 4) is 21.8 Å². The van der Waals surface area contributed by atoms with Crippen LogP contribution >= 0.6 is 11.3 Å². The molecule has 0 bridgehead atoms. The Kier molecular flexibility index (Phi) is 5.82. The fourth-order valence-electron chi connectivity index (χ4n) is 3.22. The lowest BCUT2D eigenvalue weighted by molar-refractivity contribution is -0.116. The zero-order valence-electron chi connectivity index (χ0n) is 16.3. The molecule has 3 aromatic carbocycles. The van der Waals surface area contributed by atoms with Crippen LogP contribution < -0.4 is 5.32 Å². The van der Waals surface area contributed by atoms with Crippen molar-refractivity contribution in [2.24, 2.45) is 0 Å². The number of benzene rings is 3. The fourth-order valence-corrected chi connectivity index (χ4v) is 4.06. The van der Waals surface area contributed by atoms with E-state index < -0.39 is 0 Å². The highest BCUT2D eigenvalue weighted by Gasteiger charge is 2.09. The van der Waals surface area contributed by atoms with Crippen LogP contribution in [0.4, 0.5) is 5.69 Å². The molecular weight excluding hydrogens is 376 g/mol. The van der Waals surface area contributed by atoms with E-state index in [2.05, 4.69) is 48.0 Å². The second-order valence-electron chi connectivity index (χ2n) is 7.02. The lowest BCUT2D eigenvalue weighted by Gasteiger charge is -2.07. The standard InChI is InChI=1S/C25H22N2OS/c1-18-7-5-8-19(15-18)13-14-24(28)26-22-12-6-11-21(16-22)23-17-29-25(27-23)20-9-3-2-4-10-20/h2-12,15-17H,13-14H2,1H3,(H,26,28).